The van der Waals surface area contributed by atoms with Crippen LogP contribution in [-0.4, -0.2) is 56.5 Å². The molecule has 4 rings (SSSR count). The molecule has 0 radical (unpaired) electrons. The highest BCUT2D eigenvalue weighted by Gasteiger charge is 2.39. The molecule has 0 aromatic carbocycles. The number of nitrogens with zero attached hydrogens (tertiary/aromatic N) is 3. The van der Waals surface area contributed by atoms with Crippen molar-refractivity contribution < 1.29 is 18.0 Å². The first kappa shape index (κ1) is 26.4. The van der Waals surface area contributed by atoms with Gasteiger partial charge in [0.05, 0.1) is 5.69 Å². The highest BCUT2D eigenvalue weighted by atomic mass is 19.4. The average Bonchev–Trinajstić information content (AvgIpc) is 3.12. The number of H-pyrrole nitrogens is 1. The summed E-state index contributed by atoms with van der Waals surface area (Å²) in [6.45, 7) is 13.7. The topological polar surface area (TPSA) is 85.9 Å². The number of aromatic nitrogens is 3. The van der Waals surface area contributed by atoms with E-state index in [9.17, 15) is 18.0 Å². The van der Waals surface area contributed by atoms with Gasteiger partial charge in [-0.15, -0.1) is 0 Å². The fourth-order valence-electron chi connectivity index (χ4n) is 4.92. The number of anilines is 1. The summed E-state index contributed by atoms with van der Waals surface area (Å²) >= 11 is 0. The summed E-state index contributed by atoms with van der Waals surface area (Å²) < 4.78 is 42.0. The molecule has 0 aliphatic carbocycles. The van der Waals surface area contributed by atoms with Crippen molar-refractivity contribution in [3.8, 4) is 11.3 Å². The van der Waals surface area contributed by atoms with Gasteiger partial charge < -0.3 is 20.5 Å². The third kappa shape index (κ3) is 5.38. The first-order valence-electron chi connectivity index (χ1n) is 12.6. The van der Waals surface area contributed by atoms with E-state index in [2.05, 4.69) is 60.2 Å². The normalized spacial score (nSPS) is 21.6. The molecule has 2 aromatic rings. The number of halogens is 3. The number of fused-ring (bicyclic) bond motifs is 1. The molecule has 2 aromatic heterocycles. The molecule has 4 heterocycles. The number of amides is 1. The monoisotopic (exact) mass is 506 g/mol. The van der Waals surface area contributed by atoms with Crippen LogP contribution >= 0.6 is 0 Å². The lowest BCUT2D eigenvalue weighted by Crippen LogP contribution is -2.50. The summed E-state index contributed by atoms with van der Waals surface area (Å²) in [5.41, 5.74) is 0.0247. The summed E-state index contributed by atoms with van der Waals surface area (Å²) in [5, 5.41) is 6.64. The number of alkyl halides is 3. The standard InChI is InChI=1S/C26H37F3N6O/c1-15(24(2,3)4)35-11-7-8-17-18(13-30-21(17)22(35)36)20-19(26(27,28)29)14-31-23(34-20)33-16-9-10-25(5,6)32-12-16/h13-16,30,32H,7-12H2,1-6H3,(H,31,33,34)/t15?,16-/m0/s1. The molecule has 198 valence electrons. The zero-order chi connectivity index (χ0) is 26.5. The number of hydrogen-bond donors (Lipinski definition) is 3. The lowest BCUT2D eigenvalue weighted by atomic mass is 9.86. The summed E-state index contributed by atoms with van der Waals surface area (Å²) in [5.74, 6) is -0.0320. The molecule has 1 unspecified atom stereocenters. The lowest BCUT2D eigenvalue weighted by Gasteiger charge is -2.37. The Bertz CT molecular complexity index is 1110. The lowest BCUT2D eigenvalue weighted by molar-refractivity contribution is -0.137. The average molecular weight is 507 g/mol. The third-order valence-corrected chi connectivity index (χ3v) is 7.64. The quantitative estimate of drug-likeness (QED) is 0.527. The first-order chi connectivity index (χ1) is 16.7. The molecule has 3 N–H and O–H groups in total. The fraction of sp³-hybridized carbons (Fsp3) is 0.654. The molecular formula is C26H37F3N6O. The maximum absolute atomic E-state index is 14.0. The highest BCUT2D eigenvalue weighted by Crippen LogP contribution is 2.39. The van der Waals surface area contributed by atoms with Gasteiger partial charge in [0.2, 0.25) is 5.95 Å². The molecule has 7 nitrogen and oxygen atoms in total. The fourth-order valence-corrected chi connectivity index (χ4v) is 4.92. The van der Waals surface area contributed by atoms with E-state index in [4.69, 9.17) is 0 Å². The second-order valence-electron chi connectivity index (χ2n) is 11.8. The maximum Gasteiger partial charge on any atom is 0.419 e. The van der Waals surface area contributed by atoms with Crippen LogP contribution in [0.4, 0.5) is 19.1 Å². The Morgan fingerprint density at radius 3 is 2.58 bits per heavy atom. The Balaban J connectivity index is 1.70. The number of piperidine rings is 1. The van der Waals surface area contributed by atoms with Gasteiger partial charge in [0, 0.05) is 48.7 Å². The molecule has 2 aliphatic rings. The Kier molecular flexibility index (Phi) is 6.87. The van der Waals surface area contributed by atoms with E-state index in [0.29, 0.717) is 42.8 Å². The molecule has 0 bridgehead atoms. The van der Waals surface area contributed by atoms with Crippen molar-refractivity contribution in [2.75, 3.05) is 18.4 Å². The smallest absolute Gasteiger partial charge is 0.356 e. The van der Waals surface area contributed by atoms with E-state index in [1.165, 1.54) is 6.20 Å². The van der Waals surface area contributed by atoms with Crippen LogP contribution in [0.5, 0.6) is 0 Å². The SMILES string of the molecule is CC(N1CCCc2c(-c3nc(N[C@H]4CCC(C)(C)NC4)ncc3C(F)(F)F)c[nH]c2C1=O)C(C)(C)C. The van der Waals surface area contributed by atoms with Crippen molar-refractivity contribution in [1.82, 2.24) is 25.2 Å². The number of hydrogen-bond acceptors (Lipinski definition) is 5. The van der Waals surface area contributed by atoms with Crippen LogP contribution < -0.4 is 10.6 Å². The molecule has 2 aliphatic heterocycles. The molecule has 0 saturated carbocycles. The minimum absolute atomic E-state index is 0.0139. The van der Waals surface area contributed by atoms with Crippen molar-refractivity contribution in [3.63, 3.8) is 0 Å². The van der Waals surface area contributed by atoms with Gasteiger partial charge in [-0.25, -0.2) is 9.97 Å². The van der Waals surface area contributed by atoms with Crippen LogP contribution in [0.25, 0.3) is 11.3 Å². The molecule has 10 heteroatoms. The molecule has 1 amide bonds. The van der Waals surface area contributed by atoms with E-state index in [-0.39, 0.29) is 40.6 Å². The van der Waals surface area contributed by atoms with Gasteiger partial charge in [0.1, 0.15) is 11.3 Å². The maximum atomic E-state index is 14.0. The predicted octanol–water partition coefficient (Wildman–Crippen LogP) is 5.26. The zero-order valence-corrected chi connectivity index (χ0v) is 21.9. The van der Waals surface area contributed by atoms with Gasteiger partial charge in [0.25, 0.3) is 5.91 Å². The van der Waals surface area contributed by atoms with Crippen molar-refractivity contribution in [2.24, 2.45) is 5.41 Å². The molecular weight excluding hydrogens is 469 g/mol. The van der Waals surface area contributed by atoms with Crippen LogP contribution in [0, 0.1) is 5.41 Å². The second kappa shape index (κ2) is 9.36. The van der Waals surface area contributed by atoms with Crippen LogP contribution in [0.3, 0.4) is 0 Å². The van der Waals surface area contributed by atoms with Crippen LogP contribution in [-0.2, 0) is 12.6 Å². The van der Waals surface area contributed by atoms with E-state index >= 15 is 0 Å². The van der Waals surface area contributed by atoms with E-state index in [0.717, 1.165) is 19.0 Å². The second-order valence-corrected chi connectivity index (χ2v) is 11.8. The van der Waals surface area contributed by atoms with Gasteiger partial charge in [-0.1, -0.05) is 20.8 Å². The van der Waals surface area contributed by atoms with Gasteiger partial charge in [0.15, 0.2) is 0 Å². The van der Waals surface area contributed by atoms with Crippen LogP contribution in [0.2, 0.25) is 0 Å². The zero-order valence-electron chi connectivity index (χ0n) is 21.9. The number of carbonyl (C=O) groups is 1. The Morgan fingerprint density at radius 1 is 1.25 bits per heavy atom. The van der Waals surface area contributed by atoms with Gasteiger partial charge in [-0.05, 0) is 57.4 Å². The summed E-state index contributed by atoms with van der Waals surface area (Å²) in [7, 11) is 0. The molecule has 1 saturated heterocycles. The first-order valence-corrected chi connectivity index (χ1v) is 12.6. The molecule has 0 spiro atoms. The Labute approximate surface area is 210 Å². The van der Waals surface area contributed by atoms with Crippen LogP contribution in [0.15, 0.2) is 12.4 Å². The number of aromatic amines is 1. The summed E-state index contributed by atoms with van der Waals surface area (Å²) in [6.07, 6.45) is 0.626. The van der Waals surface area contributed by atoms with Crippen molar-refractivity contribution in [3.05, 3.63) is 29.2 Å². The van der Waals surface area contributed by atoms with Gasteiger partial charge >= 0.3 is 6.18 Å². The number of rotatable bonds is 4. The van der Waals surface area contributed by atoms with Crippen molar-refractivity contribution in [2.45, 2.75) is 91.0 Å². The minimum atomic E-state index is -4.63. The third-order valence-electron chi connectivity index (χ3n) is 7.64. The van der Waals surface area contributed by atoms with E-state index < -0.39 is 11.7 Å². The number of nitrogens with one attached hydrogen (secondary N) is 3. The van der Waals surface area contributed by atoms with E-state index in [1.54, 1.807) is 0 Å². The van der Waals surface area contributed by atoms with Gasteiger partial charge in [-0.3, -0.25) is 4.79 Å². The van der Waals surface area contributed by atoms with Crippen molar-refractivity contribution >= 4 is 11.9 Å². The Hall–Kier alpha value is -2.62. The molecule has 36 heavy (non-hydrogen) atoms. The van der Waals surface area contributed by atoms with Crippen molar-refractivity contribution in [1.29, 1.82) is 0 Å². The molecule has 2 atom stereocenters. The molecule has 1 fully saturated rings. The Morgan fingerprint density at radius 2 is 1.97 bits per heavy atom. The van der Waals surface area contributed by atoms with Crippen LogP contribution in [0.1, 0.15) is 82.4 Å². The highest BCUT2D eigenvalue weighted by molar-refractivity contribution is 5.97. The van der Waals surface area contributed by atoms with E-state index in [1.807, 2.05) is 11.8 Å². The summed E-state index contributed by atoms with van der Waals surface area (Å²) in [4.78, 5) is 26.6. The van der Waals surface area contributed by atoms with Gasteiger partial charge in [-0.2, -0.15) is 13.2 Å². The number of carbonyl (C=O) groups excluding carboxylic acids is 1. The predicted molar refractivity (Wildman–Crippen MR) is 134 cm³/mol. The summed E-state index contributed by atoms with van der Waals surface area (Å²) in [6, 6.07) is -0.0163. The minimum Gasteiger partial charge on any atom is -0.356 e. The largest absolute Gasteiger partial charge is 0.419 e.